The van der Waals surface area contributed by atoms with E-state index in [1.807, 2.05) is 0 Å². The lowest BCUT2D eigenvalue weighted by Crippen LogP contribution is -2.39. The molecule has 32 heavy (non-hydrogen) atoms. The Bertz CT molecular complexity index is 1300. The van der Waals surface area contributed by atoms with Crippen LogP contribution in [0.1, 0.15) is 5.56 Å². The molecule has 1 heterocycles. The number of aliphatic imine (C=N–C) groups is 1. The molecule has 0 spiro atoms. The van der Waals surface area contributed by atoms with Crippen LogP contribution >= 0.6 is 11.8 Å². The van der Waals surface area contributed by atoms with Crippen LogP contribution in [0, 0.1) is 11.6 Å². The lowest BCUT2D eigenvalue weighted by molar-refractivity contribution is -0.113. The molecule has 0 radical (unpaired) electrons. The van der Waals surface area contributed by atoms with Gasteiger partial charge in [0.25, 0.3) is 5.56 Å². The maximum Gasteiger partial charge on any atom is 0.333 e. The number of rotatable bonds is 5. The quantitative estimate of drug-likeness (QED) is 0.450. The number of carbonyl (C=O) groups excluding carboxylic acids is 1. The van der Waals surface area contributed by atoms with Crippen molar-refractivity contribution >= 4 is 34.1 Å². The average Bonchev–Trinajstić information content (AvgIpc) is 2.77. The molecule has 0 aliphatic carbocycles. The van der Waals surface area contributed by atoms with Gasteiger partial charge in [0, 0.05) is 19.8 Å². The number of nitrogens with one attached hydrogen (secondary N) is 1. The molecule has 0 aliphatic rings. The molecule has 0 bridgehead atoms. The largest absolute Gasteiger partial charge is 0.494 e. The van der Waals surface area contributed by atoms with E-state index < -0.39 is 34.7 Å². The Kier molecular flexibility index (Phi) is 6.89. The molecule has 0 unspecified atom stereocenters. The van der Waals surface area contributed by atoms with E-state index in [9.17, 15) is 28.3 Å². The molecule has 1 amide bonds. The first-order valence-corrected chi connectivity index (χ1v) is 10.2. The van der Waals surface area contributed by atoms with Crippen molar-refractivity contribution in [1.29, 1.82) is 0 Å². The van der Waals surface area contributed by atoms with Gasteiger partial charge in [0.2, 0.25) is 11.8 Å². The summed E-state index contributed by atoms with van der Waals surface area (Å²) in [6, 6.07) is 10.2. The topological polar surface area (TPSA) is 106 Å². The summed E-state index contributed by atoms with van der Waals surface area (Å²) in [6.07, 6.45) is 0. The van der Waals surface area contributed by atoms with Gasteiger partial charge in [0.05, 0.1) is 11.4 Å². The molecular formula is C21H18F2N4O4S. The zero-order valence-electron chi connectivity index (χ0n) is 17.0. The molecule has 2 N–H and O–H groups in total. The molecule has 0 aliphatic heterocycles. The Hall–Kier alpha value is -3.73. The van der Waals surface area contributed by atoms with Crippen molar-refractivity contribution in [2.24, 2.45) is 19.1 Å². The van der Waals surface area contributed by atoms with Crippen molar-refractivity contribution in [2.75, 3.05) is 11.1 Å². The van der Waals surface area contributed by atoms with Crippen LogP contribution in [0.5, 0.6) is 5.88 Å². The van der Waals surface area contributed by atoms with Crippen molar-refractivity contribution < 1.29 is 18.7 Å². The van der Waals surface area contributed by atoms with Crippen molar-refractivity contribution in [3.05, 3.63) is 86.6 Å². The highest BCUT2D eigenvalue weighted by Crippen LogP contribution is 2.23. The molecule has 0 fully saturated rings. The number of hydrogen-bond donors (Lipinski definition) is 2. The second-order valence-corrected chi connectivity index (χ2v) is 7.61. The molecule has 2 aromatic carbocycles. The van der Waals surface area contributed by atoms with Crippen LogP contribution in [0.15, 0.2) is 63.1 Å². The van der Waals surface area contributed by atoms with Crippen LogP contribution in [-0.4, -0.2) is 30.9 Å². The van der Waals surface area contributed by atoms with Gasteiger partial charge in [-0.25, -0.2) is 18.6 Å². The Balaban J connectivity index is 1.96. The first kappa shape index (κ1) is 22.9. The summed E-state index contributed by atoms with van der Waals surface area (Å²) in [5.41, 5.74) is -1.19. The molecule has 3 rings (SSSR count). The predicted molar refractivity (Wildman–Crippen MR) is 119 cm³/mol. The van der Waals surface area contributed by atoms with E-state index in [0.717, 1.165) is 20.9 Å². The molecule has 1 aromatic heterocycles. The highest BCUT2D eigenvalue weighted by molar-refractivity contribution is 8.15. The number of hydrogen-bond acceptors (Lipinski definition) is 6. The number of aromatic hydroxyl groups is 1. The van der Waals surface area contributed by atoms with Gasteiger partial charge in [-0.2, -0.15) is 0 Å². The van der Waals surface area contributed by atoms with E-state index in [2.05, 4.69) is 10.3 Å². The van der Waals surface area contributed by atoms with Crippen LogP contribution in [0.2, 0.25) is 0 Å². The molecule has 3 aromatic rings. The minimum absolute atomic E-state index is 0.0421. The SMILES string of the molecule is Cn1c(O)c(C(=Nc2ccc(F)cc2)SCC(=O)Nc2ccc(F)cc2)c(=O)n(C)c1=O. The van der Waals surface area contributed by atoms with E-state index in [-0.39, 0.29) is 22.0 Å². The van der Waals surface area contributed by atoms with Crippen LogP contribution < -0.4 is 16.6 Å². The summed E-state index contributed by atoms with van der Waals surface area (Å²) >= 11 is 0.837. The number of aromatic nitrogens is 2. The fourth-order valence-corrected chi connectivity index (χ4v) is 3.51. The molecule has 0 saturated carbocycles. The summed E-state index contributed by atoms with van der Waals surface area (Å²) in [4.78, 5) is 41.4. The van der Waals surface area contributed by atoms with Crippen molar-refractivity contribution in [3.63, 3.8) is 0 Å². The van der Waals surface area contributed by atoms with Crippen molar-refractivity contribution in [3.8, 4) is 5.88 Å². The Morgan fingerprint density at radius 3 is 2.16 bits per heavy atom. The number of benzene rings is 2. The van der Waals surface area contributed by atoms with Crippen LogP contribution in [0.3, 0.4) is 0 Å². The minimum Gasteiger partial charge on any atom is -0.494 e. The smallest absolute Gasteiger partial charge is 0.333 e. The zero-order valence-corrected chi connectivity index (χ0v) is 17.8. The maximum absolute atomic E-state index is 13.2. The van der Waals surface area contributed by atoms with E-state index >= 15 is 0 Å². The molecular weight excluding hydrogens is 442 g/mol. The first-order valence-electron chi connectivity index (χ1n) is 9.19. The van der Waals surface area contributed by atoms with E-state index in [0.29, 0.717) is 5.69 Å². The number of anilines is 1. The molecule has 8 nitrogen and oxygen atoms in total. The Labute approximate surface area is 184 Å². The molecule has 166 valence electrons. The predicted octanol–water partition coefficient (Wildman–Crippen LogP) is 2.52. The third kappa shape index (κ3) is 5.11. The van der Waals surface area contributed by atoms with E-state index in [1.165, 1.54) is 62.6 Å². The third-order valence-corrected chi connectivity index (χ3v) is 5.35. The van der Waals surface area contributed by atoms with Crippen molar-refractivity contribution in [1.82, 2.24) is 9.13 Å². The highest BCUT2D eigenvalue weighted by atomic mass is 32.2. The second kappa shape index (κ2) is 9.60. The molecule has 11 heteroatoms. The lowest BCUT2D eigenvalue weighted by atomic mass is 10.3. The van der Waals surface area contributed by atoms with Crippen molar-refractivity contribution in [2.45, 2.75) is 0 Å². The van der Waals surface area contributed by atoms with Gasteiger partial charge >= 0.3 is 5.69 Å². The number of thioether (sulfide) groups is 1. The third-order valence-electron chi connectivity index (χ3n) is 4.37. The summed E-state index contributed by atoms with van der Waals surface area (Å²) in [5, 5.41) is 13.0. The number of carbonyl (C=O) groups is 1. The summed E-state index contributed by atoms with van der Waals surface area (Å²) in [5.74, 6) is -2.26. The minimum atomic E-state index is -0.807. The van der Waals surface area contributed by atoms with Gasteiger partial charge in [-0.15, -0.1) is 0 Å². The van der Waals surface area contributed by atoms with Gasteiger partial charge < -0.3 is 10.4 Å². The number of amides is 1. The Morgan fingerprint density at radius 1 is 1.00 bits per heavy atom. The average molecular weight is 460 g/mol. The summed E-state index contributed by atoms with van der Waals surface area (Å²) < 4.78 is 28.0. The van der Waals surface area contributed by atoms with Gasteiger partial charge in [-0.3, -0.25) is 18.7 Å². The van der Waals surface area contributed by atoms with Crippen LogP contribution in [0.25, 0.3) is 0 Å². The number of halogens is 2. The first-order chi connectivity index (χ1) is 15.2. The maximum atomic E-state index is 13.2. The van der Waals surface area contributed by atoms with E-state index in [4.69, 9.17) is 0 Å². The normalized spacial score (nSPS) is 11.4. The monoisotopic (exact) mass is 460 g/mol. The number of nitrogens with zero attached hydrogens (tertiary/aromatic N) is 3. The van der Waals surface area contributed by atoms with Gasteiger partial charge in [-0.05, 0) is 48.5 Å². The summed E-state index contributed by atoms with van der Waals surface area (Å²) in [7, 11) is 2.52. The highest BCUT2D eigenvalue weighted by Gasteiger charge is 2.22. The van der Waals surface area contributed by atoms with E-state index in [1.54, 1.807) is 0 Å². The fourth-order valence-electron chi connectivity index (χ4n) is 2.68. The summed E-state index contributed by atoms with van der Waals surface area (Å²) in [6.45, 7) is 0. The lowest BCUT2D eigenvalue weighted by Gasteiger charge is -2.12. The fraction of sp³-hybridized carbons (Fsp3) is 0.143. The van der Waals surface area contributed by atoms with Crippen LogP contribution in [-0.2, 0) is 18.9 Å². The second-order valence-electron chi connectivity index (χ2n) is 6.64. The standard InChI is InChI=1S/C21H18F2N4O4S/c1-26-19(29)17(20(30)27(2)21(26)31)18(25-15-9-5-13(23)6-10-15)32-11-16(28)24-14-7-3-12(22)4-8-14/h3-10,29H,11H2,1-2H3,(H,24,28). The van der Waals surface area contributed by atoms with Gasteiger partial charge in [0.1, 0.15) is 22.2 Å². The van der Waals surface area contributed by atoms with Gasteiger partial charge in [0.15, 0.2) is 0 Å². The molecule has 0 atom stereocenters. The van der Waals surface area contributed by atoms with Gasteiger partial charge in [-0.1, -0.05) is 11.8 Å². The zero-order chi connectivity index (χ0) is 23.4. The Morgan fingerprint density at radius 2 is 1.56 bits per heavy atom. The molecule has 0 saturated heterocycles. The van der Waals surface area contributed by atoms with Crippen LogP contribution in [0.4, 0.5) is 20.2 Å².